The summed E-state index contributed by atoms with van der Waals surface area (Å²) in [4.78, 5) is 28.5. The minimum atomic E-state index is -0.461. The van der Waals surface area contributed by atoms with Crippen LogP contribution in [0.3, 0.4) is 0 Å². The minimum absolute atomic E-state index is 0.126. The molecule has 0 atom stereocenters. The van der Waals surface area contributed by atoms with Crippen LogP contribution >= 0.6 is 0 Å². The first-order valence-electron chi connectivity index (χ1n) is 8.14. The summed E-state index contributed by atoms with van der Waals surface area (Å²) in [5, 5.41) is 9.11. The van der Waals surface area contributed by atoms with Gasteiger partial charge in [0.05, 0.1) is 0 Å². The number of aromatic nitrogens is 2. The van der Waals surface area contributed by atoms with E-state index in [1.54, 1.807) is 19.1 Å². The molecular formula is C19H18N4O3. The molecule has 7 nitrogen and oxygen atoms in total. The Labute approximate surface area is 150 Å². The van der Waals surface area contributed by atoms with E-state index >= 15 is 0 Å². The summed E-state index contributed by atoms with van der Waals surface area (Å²) in [5.41, 5.74) is 1.64. The van der Waals surface area contributed by atoms with Crippen LogP contribution in [0.1, 0.15) is 32.2 Å². The highest BCUT2D eigenvalue weighted by Gasteiger charge is 2.13. The number of aryl methyl sites for hydroxylation is 1. The van der Waals surface area contributed by atoms with Gasteiger partial charge in [0.2, 0.25) is 0 Å². The number of carbonyl (C=O) groups is 2. The summed E-state index contributed by atoms with van der Waals surface area (Å²) in [6.07, 6.45) is 2.16. The van der Waals surface area contributed by atoms with Gasteiger partial charge in [-0.05, 0) is 31.0 Å². The number of benzene rings is 1. The fourth-order valence-electron chi connectivity index (χ4n) is 2.37. The molecule has 0 saturated carbocycles. The highest BCUT2D eigenvalue weighted by molar-refractivity contribution is 6.04. The molecule has 0 spiro atoms. The Balaban J connectivity index is 1.59. The summed E-state index contributed by atoms with van der Waals surface area (Å²) < 4.78 is 4.89. The lowest BCUT2D eigenvalue weighted by Gasteiger charge is -2.07. The number of hydrogen-bond acceptors (Lipinski definition) is 5. The van der Waals surface area contributed by atoms with Crippen LogP contribution in [0.4, 0.5) is 5.82 Å². The summed E-state index contributed by atoms with van der Waals surface area (Å²) in [6.45, 7) is 2.23. The van der Waals surface area contributed by atoms with Gasteiger partial charge < -0.3 is 15.2 Å². The number of amides is 2. The van der Waals surface area contributed by atoms with Crippen LogP contribution < -0.4 is 10.6 Å². The molecule has 2 heterocycles. The molecule has 2 N–H and O–H groups in total. The molecule has 0 radical (unpaired) electrons. The first kappa shape index (κ1) is 17.3. The van der Waals surface area contributed by atoms with Crippen LogP contribution in [-0.2, 0) is 6.42 Å². The van der Waals surface area contributed by atoms with Crippen LogP contribution in [0.15, 0.2) is 59.3 Å². The maximum atomic E-state index is 12.3. The highest BCUT2D eigenvalue weighted by Crippen LogP contribution is 2.10. The monoisotopic (exact) mass is 350 g/mol. The van der Waals surface area contributed by atoms with Crippen molar-refractivity contribution < 1.29 is 14.1 Å². The largest absolute Gasteiger partial charge is 0.360 e. The molecule has 0 saturated heterocycles. The Morgan fingerprint density at radius 3 is 2.62 bits per heavy atom. The van der Waals surface area contributed by atoms with Crippen LogP contribution in [0.5, 0.6) is 0 Å². The van der Waals surface area contributed by atoms with Gasteiger partial charge in [0.25, 0.3) is 11.8 Å². The molecule has 0 bridgehead atoms. The lowest BCUT2D eigenvalue weighted by atomic mass is 10.1. The van der Waals surface area contributed by atoms with E-state index in [0.29, 0.717) is 23.7 Å². The Morgan fingerprint density at radius 1 is 1.08 bits per heavy atom. The lowest BCUT2D eigenvalue weighted by molar-refractivity contribution is 0.0954. The van der Waals surface area contributed by atoms with Crippen LogP contribution in [0.25, 0.3) is 0 Å². The molecule has 132 valence electrons. The van der Waals surface area contributed by atoms with Crippen molar-refractivity contribution in [2.24, 2.45) is 0 Å². The number of anilines is 1. The van der Waals surface area contributed by atoms with Crippen molar-refractivity contribution >= 4 is 17.6 Å². The molecule has 2 amide bonds. The molecule has 0 aliphatic carbocycles. The zero-order valence-electron chi connectivity index (χ0n) is 14.2. The number of pyridine rings is 1. The molecule has 0 aliphatic rings. The van der Waals surface area contributed by atoms with Crippen molar-refractivity contribution in [2.75, 3.05) is 11.9 Å². The number of nitrogens with one attached hydrogen (secondary N) is 2. The standard InChI is InChI=1S/C19H18N4O3/c1-13-11-17(23-26-13)22-19(25)16-12-15(8-10-20-16)18(24)21-9-7-14-5-3-2-4-6-14/h2-6,8,10-12H,7,9H2,1H3,(H,21,24)(H,22,23,25). The number of rotatable bonds is 6. The van der Waals surface area contributed by atoms with Crippen LogP contribution in [0.2, 0.25) is 0 Å². The van der Waals surface area contributed by atoms with E-state index in [-0.39, 0.29) is 11.6 Å². The predicted molar refractivity (Wildman–Crippen MR) is 95.9 cm³/mol. The maximum absolute atomic E-state index is 12.3. The molecule has 7 heteroatoms. The summed E-state index contributed by atoms with van der Waals surface area (Å²) in [5.74, 6) is 0.165. The molecule has 3 rings (SSSR count). The van der Waals surface area contributed by atoms with Gasteiger partial charge in [-0.2, -0.15) is 0 Å². The average Bonchev–Trinajstić information content (AvgIpc) is 3.07. The number of hydrogen-bond donors (Lipinski definition) is 2. The molecule has 1 aromatic carbocycles. The van der Waals surface area contributed by atoms with Gasteiger partial charge in [-0.1, -0.05) is 35.5 Å². The van der Waals surface area contributed by atoms with Gasteiger partial charge in [0.15, 0.2) is 5.82 Å². The van der Waals surface area contributed by atoms with Crippen molar-refractivity contribution in [1.82, 2.24) is 15.5 Å². The highest BCUT2D eigenvalue weighted by atomic mass is 16.5. The Kier molecular flexibility index (Phi) is 5.38. The predicted octanol–water partition coefficient (Wildman–Crippen LogP) is 2.60. The SMILES string of the molecule is Cc1cc(NC(=O)c2cc(C(=O)NCCc3ccccc3)ccn2)no1. The summed E-state index contributed by atoms with van der Waals surface area (Å²) >= 11 is 0. The molecule has 0 aliphatic heterocycles. The summed E-state index contributed by atoms with van der Waals surface area (Å²) in [6, 6.07) is 14.5. The van der Waals surface area contributed by atoms with Crippen molar-refractivity contribution in [2.45, 2.75) is 13.3 Å². The van der Waals surface area contributed by atoms with Crippen molar-refractivity contribution in [3.8, 4) is 0 Å². The van der Waals surface area contributed by atoms with Crippen molar-refractivity contribution in [3.05, 3.63) is 77.3 Å². The molecule has 2 aromatic heterocycles. The van der Waals surface area contributed by atoms with Crippen LogP contribution in [-0.4, -0.2) is 28.5 Å². The average molecular weight is 350 g/mol. The number of carbonyl (C=O) groups excluding carboxylic acids is 2. The summed E-state index contributed by atoms with van der Waals surface area (Å²) in [7, 11) is 0. The van der Waals surface area contributed by atoms with Crippen LogP contribution in [0, 0.1) is 6.92 Å². The third-order valence-corrected chi connectivity index (χ3v) is 3.67. The fraction of sp³-hybridized carbons (Fsp3) is 0.158. The second-order valence-electron chi connectivity index (χ2n) is 5.70. The Hall–Kier alpha value is -3.48. The first-order valence-corrected chi connectivity index (χ1v) is 8.14. The third kappa shape index (κ3) is 4.54. The Morgan fingerprint density at radius 2 is 1.88 bits per heavy atom. The first-order chi connectivity index (χ1) is 12.6. The topological polar surface area (TPSA) is 97.1 Å². The number of nitrogens with zero attached hydrogens (tertiary/aromatic N) is 2. The van der Waals surface area contributed by atoms with Crippen molar-refractivity contribution in [1.29, 1.82) is 0 Å². The second kappa shape index (κ2) is 8.06. The van der Waals surface area contributed by atoms with Gasteiger partial charge in [0.1, 0.15) is 11.5 Å². The molecule has 3 aromatic rings. The van der Waals surface area contributed by atoms with Crippen molar-refractivity contribution in [3.63, 3.8) is 0 Å². The zero-order chi connectivity index (χ0) is 18.4. The molecule has 0 unspecified atom stereocenters. The van der Waals surface area contributed by atoms with Gasteiger partial charge in [-0.15, -0.1) is 0 Å². The van der Waals surface area contributed by atoms with Gasteiger partial charge >= 0.3 is 0 Å². The zero-order valence-corrected chi connectivity index (χ0v) is 14.2. The van der Waals surface area contributed by atoms with E-state index in [1.165, 1.54) is 12.3 Å². The van der Waals surface area contributed by atoms with E-state index in [0.717, 1.165) is 12.0 Å². The lowest BCUT2D eigenvalue weighted by Crippen LogP contribution is -2.26. The second-order valence-corrected chi connectivity index (χ2v) is 5.70. The van der Waals surface area contributed by atoms with E-state index in [4.69, 9.17) is 4.52 Å². The molecular weight excluding hydrogens is 332 g/mol. The van der Waals surface area contributed by atoms with E-state index in [1.807, 2.05) is 30.3 Å². The molecule has 26 heavy (non-hydrogen) atoms. The molecule has 0 fully saturated rings. The quantitative estimate of drug-likeness (QED) is 0.712. The van der Waals surface area contributed by atoms with Gasteiger partial charge in [-0.3, -0.25) is 14.6 Å². The van der Waals surface area contributed by atoms with Gasteiger partial charge in [-0.25, -0.2) is 0 Å². The third-order valence-electron chi connectivity index (χ3n) is 3.67. The van der Waals surface area contributed by atoms with E-state index in [2.05, 4.69) is 20.8 Å². The smallest absolute Gasteiger partial charge is 0.275 e. The normalized spacial score (nSPS) is 10.3. The van der Waals surface area contributed by atoms with E-state index < -0.39 is 5.91 Å². The fourth-order valence-corrected chi connectivity index (χ4v) is 2.37. The Bertz CT molecular complexity index is 906. The van der Waals surface area contributed by atoms with E-state index in [9.17, 15) is 9.59 Å². The van der Waals surface area contributed by atoms with Gasteiger partial charge in [0, 0.05) is 24.4 Å². The minimum Gasteiger partial charge on any atom is -0.360 e. The maximum Gasteiger partial charge on any atom is 0.275 e.